The third-order valence-corrected chi connectivity index (χ3v) is 14.0. The average molecular weight is 1000 g/mol. The lowest BCUT2D eigenvalue weighted by atomic mass is 10.0. The number of aliphatic hydroxyl groups excluding tert-OH is 2. The Hall–Kier alpha value is -2.69. The smallest absolute Gasteiger partial charge is 0.220 e. The maximum Gasteiger partial charge on any atom is 0.220 e. The lowest BCUT2D eigenvalue weighted by molar-refractivity contribution is -0.123. The summed E-state index contributed by atoms with van der Waals surface area (Å²) in [5, 5.41) is 23.2. The molecule has 0 saturated carbocycles. The maximum atomic E-state index is 12.5. The summed E-state index contributed by atoms with van der Waals surface area (Å²) in [6.45, 7) is 4.20. The van der Waals surface area contributed by atoms with Gasteiger partial charge in [0.2, 0.25) is 5.91 Å². The van der Waals surface area contributed by atoms with Crippen LogP contribution in [0.5, 0.6) is 0 Å². The van der Waals surface area contributed by atoms with E-state index in [0.29, 0.717) is 6.42 Å². The quantitative estimate of drug-likeness (QED) is 0.0420. The van der Waals surface area contributed by atoms with Gasteiger partial charge in [-0.25, -0.2) is 0 Å². The molecule has 0 radical (unpaired) electrons. The zero-order chi connectivity index (χ0) is 52.0. The number of amides is 1. The minimum absolute atomic E-state index is 0.0752. The summed E-state index contributed by atoms with van der Waals surface area (Å²) in [6, 6.07) is -0.649. The SMILES string of the molecule is CC/C=C\C/C=C\C/C=C\C/C=C\C/C=C\CCCCCCCCCCCCCCCCCCCCCCCCCC(=O)NC(CO)C(O)/C=C/CC/C=C/CC/C=C/CCCCCCCCCCCCC. The van der Waals surface area contributed by atoms with Gasteiger partial charge in [-0.05, 0) is 89.9 Å². The van der Waals surface area contributed by atoms with Crippen LogP contribution >= 0.6 is 0 Å². The van der Waals surface area contributed by atoms with Crippen LogP contribution in [-0.2, 0) is 4.79 Å². The van der Waals surface area contributed by atoms with Crippen LogP contribution in [0.2, 0.25) is 0 Å². The number of hydrogen-bond donors (Lipinski definition) is 3. The second-order valence-electron chi connectivity index (χ2n) is 21.1. The summed E-state index contributed by atoms with van der Waals surface area (Å²) in [7, 11) is 0. The molecule has 0 aromatic heterocycles. The number of hydrogen-bond acceptors (Lipinski definition) is 3. The summed E-state index contributed by atoms with van der Waals surface area (Å²) in [6.07, 6.45) is 93.2. The molecule has 2 atom stereocenters. The van der Waals surface area contributed by atoms with E-state index in [0.717, 1.165) is 70.6 Å². The third-order valence-electron chi connectivity index (χ3n) is 14.0. The molecule has 0 aromatic carbocycles. The first kappa shape index (κ1) is 69.3. The highest BCUT2D eigenvalue weighted by molar-refractivity contribution is 5.76. The first-order chi connectivity index (χ1) is 35.7. The van der Waals surface area contributed by atoms with Gasteiger partial charge in [-0.1, -0.05) is 310 Å². The number of aliphatic hydroxyl groups is 2. The molecule has 72 heavy (non-hydrogen) atoms. The molecule has 0 aliphatic rings. The largest absolute Gasteiger partial charge is 0.394 e. The van der Waals surface area contributed by atoms with Crippen LogP contribution < -0.4 is 5.32 Å². The molecule has 416 valence electrons. The lowest BCUT2D eigenvalue weighted by Gasteiger charge is -2.19. The van der Waals surface area contributed by atoms with E-state index in [-0.39, 0.29) is 12.5 Å². The van der Waals surface area contributed by atoms with Gasteiger partial charge in [-0.15, -0.1) is 0 Å². The van der Waals surface area contributed by atoms with Crippen molar-refractivity contribution < 1.29 is 15.0 Å². The monoisotopic (exact) mass is 1000 g/mol. The van der Waals surface area contributed by atoms with Crippen LogP contribution in [0.1, 0.15) is 309 Å². The highest BCUT2D eigenvalue weighted by Gasteiger charge is 2.18. The number of rotatable bonds is 57. The normalized spacial score (nSPS) is 13.4. The van der Waals surface area contributed by atoms with E-state index in [4.69, 9.17) is 0 Å². The van der Waals surface area contributed by atoms with Crippen molar-refractivity contribution in [2.45, 2.75) is 321 Å². The van der Waals surface area contributed by atoms with Crippen LogP contribution in [0.3, 0.4) is 0 Å². The average Bonchev–Trinajstić information content (AvgIpc) is 3.39. The van der Waals surface area contributed by atoms with Gasteiger partial charge in [-0.3, -0.25) is 4.79 Å². The first-order valence-electron chi connectivity index (χ1n) is 31.5. The molecule has 0 aromatic rings. The molecule has 0 spiro atoms. The Balaban J connectivity index is 3.49. The molecular formula is C68H121NO3. The van der Waals surface area contributed by atoms with Crippen molar-refractivity contribution in [2.24, 2.45) is 0 Å². The number of carbonyl (C=O) groups excluding carboxylic acids is 1. The summed E-state index contributed by atoms with van der Waals surface area (Å²) >= 11 is 0. The fourth-order valence-electron chi connectivity index (χ4n) is 9.30. The molecule has 3 N–H and O–H groups in total. The topological polar surface area (TPSA) is 69.6 Å². The Morgan fingerprint density at radius 3 is 0.972 bits per heavy atom. The molecule has 0 rings (SSSR count). The minimum Gasteiger partial charge on any atom is -0.394 e. The standard InChI is InChI=1S/C68H121NO3/c1-3-5-7-9-11-13-15-17-19-21-23-25-26-27-28-29-30-31-32-33-34-35-36-37-38-39-40-41-42-44-46-48-50-52-54-56-58-60-62-64-68(72)69-66(65-70)67(71)63-61-59-57-55-53-51-49-47-45-43-24-22-20-18-16-14-12-10-8-6-4-2/h5,7,11,13,17,19,23,25,27-28,45,47,53,55,61,63,66-67,70-71H,3-4,6,8-10,12,14-16,18,20-22,24,26,29-44,46,48-52,54,56-60,62,64-65H2,1-2H3,(H,69,72)/b7-5-,13-11-,19-17-,25-23-,28-27-,47-45+,55-53+,63-61+. The molecule has 4 nitrogen and oxygen atoms in total. The van der Waals surface area contributed by atoms with E-state index < -0.39 is 12.1 Å². The van der Waals surface area contributed by atoms with E-state index >= 15 is 0 Å². The molecule has 0 heterocycles. The molecule has 4 heteroatoms. The molecule has 0 aliphatic carbocycles. The van der Waals surface area contributed by atoms with Crippen LogP contribution in [0.25, 0.3) is 0 Å². The molecular weight excluding hydrogens is 879 g/mol. The lowest BCUT2D eigenvalue weighted by Crippen LogP contribution is -2.45. The Kier molecular flexibility index (Phi) is 60.3. The fourth-order valence-corrected chi connectivity index (χ4v) is 9.30. The minimum atomic E-state index is -0.873. The first-order valence-corrected chi connectivity index (χ1v) is 31.5. The van der Waals surface area contributed by atoms with Crippen LogP contribution in [0.15, 0.2) is 97.2 Å². The van der Waals surface area contributed by atoms with Gasteiger partial charge in [0.25, 0.3) is 0 Å². The van der Waals surface area contributed by atoms with Crippen molar-refractivity contribution in [3.05, 3.63) is 97.2 Å². The predicted molar refractivity (Wildman–Crippen MR) is 322 cm³/mol. The van der Waals surface area contributed by atoms with Gasteiger partial charge >= 0.3 is 0 Å². The summed E-state index contributed by atoms with van der Waals surface area (Å²) in [5.41, 5.74) is 0. The molecule has 0 saturated heterocycles. The van der Waals surface area contributed by atoms with Gasteiger partial charge in [0.1, 0.15) is 0 Å². The fraction of sp³-hybridized carbons (Fsp3) is 0.750. The van der Waals surface area contributed by atoms with Crippen molar-refractivity contribution >= 4 is 5.91 Å². The van der Waals surface area contributed by atoms with Gasteiger partial charge in [0.15, 0.2) is 0 Å². The number of nitrogens with one attached hydrogen (secondary N) is 1. The summed E-state index contributed by atoms with van der Waals surface area (Å²) < 4.78 is 0. The van der Waals surface area contributed by atoms with E-state index in [1.807, 2.05) is 6.08 Å². The van der Waals surface area contributed by atoms with E-state index in [2.05, 4.69) is 104 Å². The second kappa shape index (κ2) is 62.6. The highest BCUT2D eigenvalue weighted by Crippen LogP contribution is 2.17. The summed E-state index contributed by atoms with van der Waals surface area (Å²) in [4.78, 5) is 12.5. The molecule has 2 unspecified atom stereocenters. The number of allylic oxidation sites excluding steroid dienone is 15. The molecule has 1 amide bonds. The van der Waals surface area contributed by atoms with Gasteiger partial charge in [0, 0.05) is 6.42 Å². The Morgan fingerprint density at radius 1 is 0.347 bits per heavy atom. The highest BCUT2D eigenvalue weighted by atomic mass is 16.3. The van der Waals surface area contributed by atoms with Gasteiger partial charge in [-0.2, -0.15) is 0 Å². The van der Waals surface area contributed by atoms with Crippen LogP contribution in [-0.4, -0.2) is 34.9 Å². The Morgan fingerprint density at radius 2 is 0.625 bits per heavy atom. The van der Waals surface area contributed by atoms with E-state index in [1.54, 1.807) is 6.08 Å². The predicted octanol–water partition coefficient (Wildman–Crippen LogP) is 21.3. The van der Waals surface area contributed by atoms with Crippen molar-refractivity contribution in [3.8, 4) is 0 Å². The van der Waals surface area contributed by atoms with Crippen LogP contribution in [0, 0.1) is 0 Å². The van der Waals surface area contributed by atoms with Gasteiger partial charge in [0.05, 0.1) is 18.8 Å². The Labute approximate surface area is 449 Å². The molecule has 0 bridgehead atoms. The van der Waals surface area contributed by atoms with Gasteiger partial charge < -0.3 is 15.5 Å². The maximum absolute atomic E-state index is 12.5. The summed E-state index contributed by atoms with van der Waals surface area (Å²) in [5.74, 6) is -0.0752. The molecule has 0 fully saturated rings. The van der Waals surface area contributed by atoms with Crippen molar-refractivity contribution in [1.29, 1.82) is 0 Å². The second-order valence-corrected chi connectivity index (χ2v) is 21.1. The Bertz CT molecular complexity index is 1320. The van der Waals surface area contributed by atoms with Crippen molar-refractivity contribution in [3.63, 3.8) is 0 Å². The van der Waals surface area contributed by atoms with E-state index in [9.17, 15) is 15.0 Å². The zero-order valence-corrected chi connectivity index (χ0v) is 47.9. The third kappa shape index (κ3) is 58.2. The van der Waals surface area contributed by atoms with Crippen molar-refractivity contribution in [1.82, 2.24) is 5.32 Å². The van der Waals surface area contributed by atoms with Crippen molar-refractivity contribution in [2.75, 3.05) is 6.61 Å². The number of carbonyl (C=O) groups is 1. The number of unbranched alkanes of at least 4 members (excludes halogenated alkanes) is 36. The van der Waals surface area contributed by atoms with E-state index in [1.165, 1.54) is 218 Å². The van der Waals surface area contributed by atoms with Crippen LogP contribution in [0.4, 0.5) is 0 Å². The zero-order valence-electron chi connectivity index (χ0n) is 47.9. The molecule has 0 aliphatic heterocycles.